The summed E-state index contributed by atoms with van der Waals surface area (Å²) in [5, 5.41) is 12.7. The van der Waals surface area contributed by atoms with Crippen LogP contribution < -0.4 is 0 Å². The largest absolute Gasteiger partial charge is 0.464 e. The van der Waals surface area contributed by atoms with Crippen LogP contribution in [0.25, 0.3) is 0 Å². The number of thiazole rings is 1. The summed E-state index contributed by atoms with van der Waals surface area (Å²) >= 11 is 1.17. The number of hydrogen-bond acceptors (Lipinski definition) is 14. The molecule has 15 heteroatoms. The third kappa shape index (κ3) is 6.90. The van der Waals surface area contributed by atoms with Gasteiger partial charge in [0, 0.05) is 44.7 Å². The second kappa shape index (κ2) is 13.5. The van der Waals surface area contributed by atoms with Crippen LogP contribution in [0.5, 0.6) is 0 Å². The Morgan fingerprint density at radius 1 is 1.14 bits per heavy atom. The molecule has 0 amide bonds. The zero-order chi connectivity index (χ0) is 31.1. The van der Waals surface area contributed by atoms with Crippen LogP contribution in [-0.4, -0.2) is 71.1 Å². The minimum absolute atomic E-state index is 0.0287. The second-order valence-electron chi connectivity index (χ2n) is 9.00. The average Bonchev–Trinajstić information content (AvgIpc) is 3.55. The van der Waals surface area contributed by atoms with Gasteiger partial charge in [0.25, 0.3) is 5.69 Å². The molecule has 2 aromatic rings. The molecule has 0 aliphatic carbocycles. The van der Waals surface area contributed by atoms with E-state index < -0.39 is 65.1 Å². The van der Waals surface area contributed by atoms with Gasteiger partial charge in [0.1, 0.15) is 6.10 Å². The number of nitro groups is 1. The van der Waals surface area contributed by atoms with Gasteiger partial charge < -0.3 is 28.4 Å². The van der Waals surface area contributed by atoms with Crippen LogP contribution in [0.1, 0.15) is 39.0 Å². The van der Waals surface area contributed by atoms with Crippen LogP contribution in [0, 0.1) is 22.5 Å². The molecule has 0 spiro atoms. The lowest BCUT2D eigenvalue weighted by atomic mass is 9.90. The van der Waals surface area contributed by atoms with Crippen molar-refractivity contribution < 1.29 is 52.5 Å². The van der Waals surface area contributed by atoms with Gasteiger partial charge in [-0.25, -0.2) is 9.78 Å². The smallest absolute Gasteiger partial charge is 0.345 e. The quantitative estimate of drug-likeness (QED) is 0.113. The van der Waals surface area contributed by atoms with Crippen molar-refractivity contribution in [2.24, 2.45) is 0 Å². The lowest BCUT2D eigenvalue weighted by Gasteiger charge is -2.35. The molecule has 0 radical (unpaired) electrons. The summed E-state index contributed by atoms with van der Waals surface area (Å²) in [6, 6.07) is 5.44. The minimum atomic E-state index is -2.15. The first-order valence-electron chi connectivity index (χ1n) is 12.5. The summed E-state index contributed by atoms with van der Waals surface area (Å²) in [6.07, 6.45) is 0.995. The highest BCUT2D eigenvalue weighted by molar-refractivity contribution is 7.07. The molecule has 1 aliphatic heterocycles. The van der Waals surface area contributed by atoms with Gasteiger partial charge in [-0.15, -0.1) is 17.8 Å². The maximum Gasteiger partial charge on any atom is 0.345 e. The van der Waals surface area contributed by atoms with Crippen molar-refractivity contribution >= 4 is 40.9 Å². The number of ether oxygens (including phenoxy) is 6. The normalized spacial score (nSPS) is 22.7. The van der Waals surface area contributed by atoms with Gasteiger partial charge >= 0.3 is 23.9 Å². The highest BCUT2D eigenvalue weighted by atomic mass is 32.1. The first-order valence-corrected chi connectivity index (χ1v) is 13.4. The van der Waals surface area contributed by atoms with Gasteiger partial charge in [0.15, 0.2) is 0 Å². The van der Waals surface area contributed by atoms with Crippen molar-refractivity contribution in [3.05, 3.63) is 56.5 Å². The van der Waals surface area contributed by atoms with E-state index in [9.17, 15) is 29.3 Å². The van der Waals surface area contributed by atoms with Crippen molar-refractivity contribution in [2.75, 3.05) is 13.2 Å². The topological polar surface area (TPSA) is 180 Å². The van der Waals surface area contributed by atoms with Gasteiger partial charge in [-0.1, -0.05) is 18.1 Å². The first kappa shape index (κ1) is 32.1. The van der Waals surface area contributed by atoms with E-state index in [2.05, 4.69) is 10.9 Å². The minimum Gasteiger partial charge on any atom is -0.464 e. The highest BCUT2D eigenvalue weighted by Crippen LogP contribution is 2.40. The van der Waals surface area contributed by atoms with Crippen molar-refractivity contribution in [1.82, 2.24) is 4.98 Å². The van der Waals surface area contributed by atoms with E-state index in [1.54, 1.807) is 12.3 Å². The summed E-state index contributed by atoms with van der Waals surface area (Å²) in [6.45, 7) is 4.19. The van der Waals surface area contributed by atoms with E-state index >= 15 is 0 Å². The van der Waals surface area contributed by atoms with E-state index in [0.29, 0.717) is 5.56 Å². The number of nitrogens with zero attached hydrogens (tertiary/aromatic N) is 2. The van der Waals surface area contributed by atoms with E-state index in [4.69, 9.17) is 34.8 Å². The molecule has 0 N–H and O–H groups in total. The average molecular weight is 605 g/mol. The first-order chi connectivity index (χ1) is 19.9. The number of aromatic nitrogens is 1. The molecular weight excluding hydrogens is 576 g/mol. The monoisotopic (exact) mass is 604 g/mol. The van der Waals surface area contributed by atoms with Gasteiger partial charge in [-0.2, -0.15) is 0 Å². The zero-order valence-electron chi connectivity index (χ0n) is 23.1. The van der Waals surface area contributed by atoms with Crippen molar-refractivity contribution in [1.29, 1.82) is 0 Å². The molecule has 1 aromatic heterocycles. The van der Waals surface area contributed by atoms with Crippen LogP contribution in [0.2, 0.25) is 0 Å². The van der Waals surface area contributed by atoms with Gasteiger partial charge in [-0.3, -0.25) is 24.5 Å². The number of benzene rings is 1. The standard InChI is InChI=1S/C27H28N2O12S/c1-6-26(41-18(5)32)22(40-24(39-17(4)31)23(26)38-16(3)30)13-37-27(25(33)36-7-2,21-14-42-15-28-21)12-19-8-10-20(11-9-19)29(34)35/h1,8-11,14-15,22-24H,7,12-13H2,2-5H3/t22-,23+,24?,26-,27?/m1/s1. The Morgan fingerprint density at radius 3 is 2.31 bits per heavy atom. The summed E-state index contributed by atoms with van der Waals surface area (Å²) in [5.74, 6) is -1.07. The number of carbonyl (C=O) groups is 4. The molecule has 1 saturated heterocycles. The van der Waals surface area contributed by atoms with Gasteiger partial charge in [0.05, 0.1) is 29.3 Å². The molecule has 14 nitrogen and oxygen atoms in total. The summed E-state index contributed by atoms with van der Waals surface area (Å²) in [4.78, 5) is 64.4. The molecule has 2 unspecified atom stereocenters. The fourth-order valence-electron chi connectivity index (χ4n) is 4.38. The van der Waals surface area contributed by atoms with Gasteiger partial charge in [0.2, 0.25) is 23.6 Å². The summed E-state index contributed by atoms with van der Waals surface area (Å²) in [5.41, 5.74) is -2.19. The van der Waals surface area contributed by atoms with Crippen molar-refractivity contribution in [2.45, 2.75) is 63.8 Å². The second-order valence-corrected chi connectivity index (χ2v) is 9.71. The fraction of sp³-hybridized carbons (Fsp3) is 0.444. The van der Waals surface area contributed by atoms with E-state index in [1.165, 1.54) is 41.1 Å². The van der Waals surface area contributed by atoms with Gasteiger partial charge in [-0.05, 0) is 12.5 Å². The molecular formula is C27H28N2O12S. The summed E-state index contributed by atoms with van der Waals surface area (Å²) < 4.78 is 33.4. The molecule has 0 saturated carbocycles. The number of non-ortho nitro benzene ring substituents is 1. The molecule has 2 heterocycles. The van der Waals surface area contributed by atoms with Crippen LogP contribution in [0.15, 0.2) is 35.2 Å². The Labute approximate surface area is 244 Å². The maximum absolute atomic E-state index is 13.6. The molecule has 42 heavy (non-hydrogen) atoms. The SMILES string of the molecule is C#C[C@@]1(OC(C)=O)[C@@H](COC(Cc2ccc([N+](=O)[O-])cc2)(C(=O)OCC)c2cscn2)OC(OC(C)=O)[C@@H]1OC(C)=O. The molecule has 224 valence electrons. The highest BCUT2D eigenvalue weighted by Gasteiger charge is 2.63. The number of terminal acetylenes is 1. The Balaban J connectivity index is 2.09. The predicted molar refractivity (Wildman–Crippen MR) is 142 cm³/mol. The number of nitro benzene ring substituents is 1. The number of rotatable bonds is 12. The number of hydrogen-bond donors (Lipinski definition) is 0. The van der Waals surface area contributed by atoms with Crippen molar-refractivity contribution in [3.8, 4) is 12.3 Å². The molecule has 1 aliphatic rings. The van der Waals surface area contributed by atoms with Crippen LogP contribution in [-0.2, 0) is 59.6 Å². The van der Waals surface area contributed by atoms with Crippen LogP contribution in [0.3, 0.4) is 0 Å². The van der Waals surface area contributed by atoms with E-state index in [0.717, 1.165) is 20.8 Å². The molecule has 1 aromatic carbocycles. The maximum atomic E-state index is 13.6. The zero-order valence-corrected chi connectivity index (χ0v) is 23.9. The number of esters is 4. The Kier molecular flexibility index (Phi) is 10.3. The molecule has 1 fully saturated rings. The summed E-state index contributed by atoms with van der Waals surface area (Å²) in [7, 11) is 0. The number of carbonyl (C=O) groups excluding carboxylic acids is 4. The lowest BCUT2D eigenvalue weighted by molar-refractivity contribution is -0.384. The fourth-order valence-corrected chi connectivity index (χ4v) is 4.99. The van der Waals surface area contributed by atoms with E-state index in [1.807, 2.05) is 0 Å². The molecule has 5 atom stereocenters. The predicted octanol–water partition coefficient (Wildman–Crippen LogP) is 2.22. The van der Waals surface area contributed by atoms with E-state index in [-0.39, 0.29) is 24.4 Å². The Bertz CT molecular complexity index is 1360. The van der Waals surface area contributed by atoms with Crippen LogP contribution >= 0.6 is 11.3 Å². The molecule has 0 bridgehead atoms. The Hall–Kier alpha value is -4.39. The van der Waals surface area contributed by atoms with Crippen LogP contribution in [0.4, 0.5) is 5.69 Å². The Morgan fingerprint density at radius 2 is 1.81 bits per heavy atom. The third-order valence-electron chi connectivity index (χ3n) is 6.09. The third-order valence-corrected chi connectivity index (χ3v) is 6.68. The lowest BCUT2D eigenvalue weighted by Crippen LogP contribution is -2.55. The molecule has 3 rings (SSSR count). The van der Waals surface area contributed by atoms with Crippen molar-refractivity contribution in [3.63, 3.8) is 0 Å².